The minimum Gasteiger partial charge on any atom is -0.379 e. The molecule has 2 unspecified atom stereocenters. The van der Waals surface area contributed by atoms with E-state index in [9.17, 15) is 4.79 Å². The lowest BCUT2D eigenvalue weighted by atomic mass is 9.85. The molecular formula is C11H14ClN3O2. The number of aromatic nitrogens is 1. The summed E-state index contributed by atoms with van der Waals surface area (Å²) in [5, 5.41) is 3.24. The molecule has 2 rings (SSSR count). The molecular weight excluding hydrogens is 242 g/mol. The zero-order valence-electron chi connectivity index (χ0n) is 9.44. The van der Waals surface area contributed by atoms with Crippen LogP contribution in [0.5, 0.6) is 0 Å². The molecule has 1 amide bonds. The molecule has 92 valence electrons. The highest BCUT2D eigenvalue weighted by atomic mass is 35.5. The fourth-order valence-corrected chi connectivity index (χ4v) is 1.74. The maximum Gasteiger partial charge on any atom is 0.235 e. The highest BCUT2D eigenvalue weighted by Crippen LogP contribution is 2.28. The van der Waals surface area contributed by atoms with Crippen LogP contribution in [0.25, 0.3) is 0 Å². The number of hydrogen-bond donors (Lipinski definition) is 2. The van der Waals surface area contributed by atoms with Gasteiger partial charge in [0.1, 0.15) is 5.82 Å². The molecule has 1 fully saturated rings. The average Bonchev–Trinajstić information content (AvgIpc) is 2.64. The highest BCUT2D eigenvalue weighted by molar-refractivity contribution is 6.30. The molecule has 0 saturated carbocycles. The van der Waals surface area contributed by atoms with Crippen LogP contribution in [0.2, 0.25) is 5.02 Å². The Kier molecular flexibility index (Phi) is 3.33. The Balaban J connectivity index is 2.09. The van der Waals surface area contributed by atoms with Crippen molar-refractivity contribution >= 4 is 23.3 Å². The second kappa shape index (κ2) is 4.60. The molecule has 1 aromatic rings. The smallest absolute Gasteiger partial charge is 0.235 e. The number of ether oxygens (including phenoxy) is 1. The fraction of sp³-hybridized carbons (Fsp3) is 0.455. The van der Waals surface area contributed by atoms with E-state index in [0.717, 1.165) is 0 Å². The van der Waals surface area contributed by atoms with Crippen LogP contribution in [0.1, 0.15) is 6.92 Å². The van der Waals surface area contributed by atoms with Crippen molar-refractivity contribution in [2.24, 2.45) is 11.1 Å². The number of anilines is 1. The lowest BCUT2D eigenvalue weighted by Gasteiger charge is -2.25. The topological polar surface area (TPSA) is 77.2 Å². The second-order valence-corrected chi connectivity index (χ2v) is 4.79. The van der Waals surface area contributed by atoms with Gasteiger partial charge in [0.2, 0.25) is 5.91 Å². The summed E-state index contributed by atoms with van der Waals surface area (Å²) in [6, 6.07) is 3.01. The number of nitrogens with two attached hydrogens (primary N) is 1. The number of carbonyl (C=O) groups is 1. The van der Waals surface area contributed by atoms with Crippen LogP contribution in [0, 0.1) is 5.41 Å². The van der Waals surface area contributed by atoms with Crippen molar-refractivity contribution in [2.45, 2.75) is 13.0 Å². The van der Waals surface area contributed by atoms with Gasteiger partial charge in [-0.25, -0.2) is 4.98 Å². The second-order valence-electron chi connectivity index (χ2n) is 4.35. The number of rotatable bonds is 2. The van der Waals surface area contributed by atoms with E-state index in [1.807, 2.05) is 0 Å². The summed E-state index contributed by atoms with van der Waals surface area (Å²) >= 11 is 5.71. The first-order valence-corrected chi connectivity index (χ1v) is 5.66. The van der Waals surface area contributed by atoms with Crippen LogP contribution < -0.4 is 11.1 Å². The van der Waals surface area contributed by atoms with E-state index in [4.69, 9.17) is 22.1 Å². The first-order chi connectivity index (χ1) is 8.02. The van der Waals surface area contributed by atoms with E-state index in [0.29, 0.717) is 24.1 Å². The average molecular weight is 256 g/mol. The highest BCUT2D eigenvalue weighted by Gasteiger charge is 2.44. The number of amides is 1. The molecule has 1 aromatic heterocycles. The minimum atomic E-state index is -0.707. The Labute approximate surface area is 104 Å². The summed E-state index contributed by atoms with van der Waals surface area (Å²) < 4.78 is 5.22. The first kappa shape index (κ1) is 12.3. The van der Waals surface area contributed by atoms with Gasteiger partial charge in [-0.05, 0) is 19.1 Å². The van der Waals surface area contributed by atoms with Gasteiger partial charge in [0.05, 0.1) is 23.7 Å². The maximum absolute atomic E-state index is 12.1. The van der Waals surface area contributed by atoms with Gasteiger partial charge in [-0.15, -0.1) is 0 Å². The Bertz CT molecular complexity index is 423. The predicted molar refractivity (Wildman–Crippen MR) is 64.8 cm³/mol. The van der Waals surface area contributed by atoms with Crippen molar-refractivity contribution < 1.29 is 9.53 Å². The van der Waals surface area contributed by atoms with Gasteiger partial charge in [0.15, 0.2) is 0 Å². The Morgan fingerprint density at radius 2 is 2.47 bits per heavy atom. The molecule has 3 N–H and O–H groups in total. The van der Waals surface area contributed by atoms with Crippen LogP contribution in [0.15, 0.2) is 18.3 Å². The van der Waals surface area contributed by atoms with Gasteiger partial charge in [-0.1, -0.05) is 11.6 Å². The fourth-order valence-electron chi connectivity index (χ4n) is 1.63. The van der Waals surface area contributed by atoms with E-state index in [-0.39, 0.29) is 11.9 Å². The Hall–Kier alpha value is -1.17. The van der Waals surface area contributed by atoms with Crippen LogP contribution in [0.4, 0.5) is 5.82 Å². The number of hydrogen-bond acceptors (Lipinski definition) is 4. The third-order valence-corrected chi connectivity index (χ3v) is 3.23. The number of halogens is 1. The van der Waals surface area contributed by atoms with E-state index < -0.39 is 5.41 Å². The molecule has 0 aromatic carbocycles. The number of nitrogens with zero attached hydrogens (tertiary/aromatic N) is 1. The number of carbonyl (C=O) groups excluding carboxylic acids is 1. The quantitative estimate of drug-likeness (QED) is 0.828. The molecule has 2 heterocycles. The first-order valence-electron chi connectivity index (χ1n) is 5.29. The lowest BCUT2D eigenvalue weighted by molar-refractivity contribution is -0.125. The summed E-state index contributed by atoms with van der Waals surface area (Å²) in [5.41, 5.74) is 5.16. The standard InChI is InChI=1S/C11H14ClN3O2/c1-11(6-17-5-8(11)13)10(16)15-9-3-2-7(12)4-14-9/h2-4,8H,5-6,13H2,1H3,(H,14,15,16). The minimum absolute atomic E-state index is 0.183. The third-order valence-electron chi connectivity index (χ3n) is 3.01. The molecule has 1 aliphatic rings. The van der Waals surface area contributed by atoms with E-state index >= 15 is 0 Å². The summed E-state index contributed by atoms with van der Waals surface area (Å²) in [7, 11) is 0. The monoisotopic (exact) mass is 255 g/mol. The third kappa shape index (κ3) is 2.41. The molecule has 1 saturated heterocycles. The lowest BCUT2D eigenvalue weighted by Crippen LogP contribution is -2.47. The van der Waals surface area contributed by atoms with Gasteiger partial charge in [0, 0.05) is 12.2 Å². The van der Waals surface area contributed by atoms with Gasteiger partial charge < -0.3 is 15.8 Å². The Morgan fingerprint density at radius 3 is 3.00 bits per heavy atom. The Morgan fingerprint density at radius 1 is 1.71 bits per heavy atom. The predicted octanol–water partition coefficient (Wildman–Crippen LogP) is 1.04. The molecule has 0 bridgehead atoms. The van der Waals surface area contributed by atoms with Crippen molar-refractivity contribution in [3.8, 4) is 0 Å². The van der Waals surface area contributed by atoms with Crippen molar-refractivity contribution in [2.75, 3.05) is 18.5 Å². The molecule has 6 heteroatoms. The van der Waals surface area contributed by atoms with Gasteiger partial charge in [-0.2, -0.15) is 0 Å². The van der Waals surface area contributed by atoms with Gasteiger partial charge in [-0.3, -0.25) is 4.79 Å². The zero-order chi connectivity index (χ0) is 12.5. The SMILES string of the molecule is CC1(C(=O)Nc2ccc(Cl)cn2)COCC1N. The molecule has 0 radical (unpaired) electrons. The summed E-state index contributed by atoms with van der Waals surface area (Å²) in [6.07, 6.45) is 1.48. The van der Waals surface area contributed by atoms with Crippen LogP contribution in [-0.4, -0.2) is 30.1 Å². The number of pyridine rings is 1. The molecule has 5 nitrogen and oxygen atoms in total. The van der Waals surface area contributed by atoms with E-state index in [1.165, 1.54) is 6.20 Å². The molecule has 0 aliphatic carbocycles. The van der Waals surface area contributed by atoms with Gasteiger partial charge >= 0.3 is 0 Å². The number of nitrogens with one attached hydrogen (secondary N) is 1. The molecule has 2 atom stereocenters. The molecule has 0 spiro atoms. The van der Waals surface area contributed by atoms with Crippen LogP contribution in [0.3, 0.4) is 0 Å². The normalized spacial score (nSPS) is 28.1. The summed E-state index contributed by atoms with van der Waals surface area (Å²) in [6.45, 7) is 2.52. The molecule has 1 aliphatic heterocycles. The largest absolute Gasteiger partial charge is 0.379 e. The molecule has 17 heavy (non-hydrogen) atoms. The van der Waals surface area contributed by atoms with E-state index in [1.54, 1.807) is 19.1 Å². The van der Waals surface area contributed by atoms with E-state index in [2.05, 4.69) is 10.3 Å². The van der Waals surface area contributed by atoms with Crippen LogP contribution >= 0.6 is 11.6 Å². The zero-order valence-corrected chi connectivity index (χ0v) is 10.2. The summed E-state index contributed by atoms with van der Waals surface area (Å²) in [5.74, 6) is 0.275. The van der Waals surface area contributed by atoms with Crippen molar-refractivity contribution in [1.29, 1.82) is 0 Å². The summed E-state index contributed by atoms with van der Waals surface area (Å²) in [4.78, 5) is 16.1. The van der Waals surface area contributed by atoms with Crippen molar-refractivity contribution in [3.05, 3.63) is 23.4 Å². The van der Waals surface area contributed by atoms with Gasteiger partial charge in [0.25, 0.3) is 0 Å². The van der Waals surface area contributed by atoms with Crippen molar-refractivity contribution in [3.63, 3.8) is 0 Å². The van der Waals surface area contributed by atoms with Crippen LogP contribution in [-0.2, 0) is 9.53 Å². The maximum atomic E-state index is 12.1. The van der Waals surface area contributed by atoms with Crippen molar-refractivity contribution in [1.82, 2.24) is 4.98 Å².